The number of piperidine rings is 1. The number of aryl methyl sites for hydroxylation is 1. The van der Waals surface area contributed by atoms with E-state index in [0.29, 0.717) is 29.1 Å². The van der Waals surface area contributed by atoms with Gasteiger partial charge in [-0.05, 0) is 80.0 Å². The summed E-state index contributed by atoms with van der Waals surface area (Å²) in [6.45, 7) is 6.40. The van der Waals surface area contributed by atoms with Crippen LogP contribution in [0.1, 0.15) is 80.6 Å². The molecule has 2 saturated carbocycles. The summed E-state index contributed by atoms with van der Waals surface area (Å²) in [5.41, 5.74) is 6.08. The predicted molar refractivity (Wildman–Crippen MR) is 169 cm³/mol. The van der Waals surface area contributed by atoms with Crippen molar-refractivity contribution in [2.75, 3.05) is 20.2 Å². The zero-order chi connectivity index (χ0) is 29.8. The van der Waals surface area contributed by atoms with Crippen LogP contribution in [0.15, 0.2) is 36.4 Å². The number of rotatable bonds is 8. The molecular weight excluding hydrogens is 538 g/mol. The maximum absolute atomic E-state index is 13.7. The molecule has 43 heavy (non-hydrogen) atoms. The average molecular weight is 582 g/mol. The predicted octanol–water partition coefficient (Wildman–Crippen LogP) is 6.26. The van der Waals surface area contributed by atoms with Gasteiger partial charge in [-0.2, -0.15) is 0 Å². The van der Waals surface area contributed by atoms with E-state index in [-0.39, 0.29) is 17.9 Å². The van der Waals surface area contributed by atoms with E-state index in [2.05, 4.69) is 52.7 Å². The third kappa shape index (κ3) is 5.08. The Kier molecular flexibility index (Phi) is 7.18. The molecule has 3 fully saturated rings. The Balaban J connectivity index is 1.30. The van der Waals surface area contributed by atoms with Crippen LogP contribution in [0, 0.1) is 11.8 Å². The smallest absolute Gasteiger partial charge is 0.254 e. The molecular formula is C35H43N5O3. The van der Waals surface area contributed by atoms with Crippen LogP contribution in [0.5, 0.6) is 5.75 Å². The number of para-hydroxylation sites is 1. The Labute approximate surface area is 253 Å². The van der Waals surface area contributed by atoms with Crippen LogP contribution in [-0.2, 0) is 18.4 Å². The third-order valence-electron chi connectivity index (χ3n) is 10.1. The van der Waals surface area contributed by atoms with E-state index in [1.54, 1.807) is 14.0 Å². The van der Waals surface area contributed by atoms with Crippen molar-refractivity contribution in [3.63, 3.8) is 0 Å². The van der Waals surface area contributed by atoms with Crippen molar-refractivity contribution in [3.8, 4) is 17.3 Å². The van der Waals surface area contributed by atoms with Gasteiger partial charge in [0, 0.05) is 50.6 Å². The second kappa shape index (κ2) is 11.0. The van der Waals surface area contributed by atoms with Gasteiger partial charge in [0.2, 0.25) is 5.91 Å². The van der Waals surface area contributed by atoms with E-state index in [9.17, 15) is 9.59 Å². The van der Waals surface area contributed by atoms with Gasteiger partial charge < -0.3 is 24.1 Å². The number of aromatic nitrogens is 3. The number of likely N-dealkylation sites (tertiary alicyclic amines) is 1. The molecule has 0 bridgehead atoms. The number of ether oxygens (including phenoxy) is 1. The van der Waals surface area contributed by atoms with Crippen molar-refractivity contribution in [2.24, 2.45) is 18.9 Å². The van der Waals surface area contributed by atoms with E-state index >= 15 is 0 Å². The van der Waals surface area contributed by atoms with E-state index in [0.717, 1.165) is 67.9 Å². The Hall–Kier alpha value is -3.81. The zero-order valence-corrected chi connectivity index (χ0v) is 25.9. The number of hydrogen-bond donors (Lipinski definition) is 1. The number of benzene rings is 2. The summed E-state index contributed by atoms with van der Waals surface area (Å²) < 4.78 is 10.5. The van der Waals surface area contributed by atoms with Gasteiger partial charge in [-0.1, -0.05) is 31.5 Å². The lowest BCUT2D eigenvalue weighted by Crippen LogP contribution is -2.42. The summed E-state index contributed by atoms with van der Waals surface area (Å²) in [6, 6.07) is 13.0. The van der Waals surface area contributed by atoms with Gasteiger partial charge in [-0.25, -0.2) is 4.98 Å². The summed E-state index contributed by atoms with van der Waals surface area (Å²) >= 11 is 0. The molecule has 2 aromatic heterocycles. The molecule has 1 atom stereocenters. The molecule has 3 heterocycles. The molecule has 1 N–H and O–H groups in total. The quantitative estimate of drug-likeness (QED) is 0.266. The molecule has 2 amide bonds. The highest BCUT2D eigenvalue weighted by Crippen LogP contribution is 2.44. The second-order valence-electron chi connectivity index (χ2n) is 13.1. The van der Waals surface area contributed by atoms with Crippen LogP contribution in [-0.4, -0.2) is 57.1 Å². The number of nitrogens with one attached hydrogen (secondary N) is 1. The first kappa shape index (κ1) is 28.0. The first-order chi connectivity index (χ1) is 20.8. The summed E-state index contributed by atoms with van der Waals surface area (Å²) in [5, 5.41) is 4.31. The molecule has 1 aliphatic heterocycles. The van der Waals surface area contributed by atoms with Crippen molar-refractivity contribution < 1.29 is 14.3 Å². The van der Waals surface area contributed by atoms with Crippen LogP contribution >= 0.6 is 0 Å². The van der Waals surface area contributed by atoms with Gasteiger partial charge in [-0.3, -0.25) is 9.59 Å². The fraction of sp³-hybridized carbons (Fsp3) is 0.514. The molecule has 3 aliphatic rings. The molecule has 2 aliphatic carbocycles. The summed E-state index contributed by atoms with van der Waals surface area (Å²) in [4.78, 5) is 32.5. The minimum absolute atomic E-state index is 0.0456. The average Bonchev–Trinajstić information content (AvgIpc) is 3.66. The van der Waals surface area contributed by atoms with E-state index in [1.807, 2.05) is 17.0 Å². The Morgan fingerprint density at radius 1 is 1.07 bits per heavy atom. The fourth-order valence-electron chi connectivity index (χ4n) is 7.48. The second-order valence-corrected chi connectivity index (χ2v) is 13.1. The lowest BCUT2D eigenvalue weighted by molar-refractivity contribution is -0.120. The third-order valence-corrected chi connectivity index (χ3v) is 10.1. The molecule has 2 aromatic carbocycles. The number of imidazole rings is 1. The Bertz CT molecular complexity index is 1710. The maximum atomic E-state index is 13.7. The summed E-state index contributed by atoms with van der Waals surface area (Å²) in [5.74, 6) is 3.35. The molecule has 0 radical (unpaired) electrons. The SMILES string of the molecule is CC[C@@H]1CCCN(C(=O)c2cc(OC)c3c(c2)nc(-c2cc4cccc(C5CC(NC(C)=O)C5)c4n2CC2CC2)n3C)C1. The minimum atomic E-state index is 0.0456. The highest BCUT2D eigenvalue weighted by atomic mass is 16.5. The highest BCUT2D eigenvalue weighted by Gasteiger charge is 2.34. The lowest BCUT2D eigenvalue weighted by atomic mass is 9.75. The number of carbonyl (C=O) groups excluding carboxylic acids is 2. The van der Waals surface area contributed by atoms with Gasteiger partial charge in [0.25, 0.3) is 5.91 Å². The molecule has 0 spiro atoms. The lowest BCUT2D eigenvalue weighted by Gasteiger charge is -2.36. The number of nitrogens with zero attached hydrogens (tertiary/aromatic N) is 4. The maximum Gasteiger partial charge on any atom is 0.254 e. The standard InChI is InChI=1S/C35H43N5O3/c1-5-22-8-7-13-39(19-22)35(42)26-16-29-33(31(18-26)43-4)38(3)34(37-29)30-17-24-9-6-10-28(25-14-27(15-25)36-21(2)41)32(24)40(30)20-23-11-12-23/h6,9-10,16-18,22-23,25,27H,5,7-8,11-15,19-20H2,1-4H3,(H,36,41)/t22-,25?,27?/m1/s1. The Morgan fingerprint density at radius 2 is 1.88 bits per heavy atom. The van der Waals surface area contributed by atoms with Crippen LogP contribution in [0.2, 0.25) is 0 Å². The summed E-state index contributed by atoms with van der Waals surface area (Å²) in [7, 11) is 3.72. The monoisotopic (exact) mass is 581 g/mol. The summed E-state index contributed by atoms with van der Waals surface area (Å²) in [6.07, 6.45) is 7.80. The minimum Gasteiger partial charge on any atom is -0.494 e. The Morgan fingerprint density at radius 3 is 2.60 bits per heavy atom. The molecule has 1 saturated heterocycles. The van der Waals surface area contributed by atoms with Gasteiger partial charge in [-0.15, -0.1) is 0 Å². The van der Waals surface area contributed by atoms with Gasteiger partial charge in [0.05, 0.1) is 23.8 Å². The van der Waals surface area contributed by atoms with Crippen LogP contribution in [0.25, 0.3) is 33.5 Å². The molecule has 4 aromatic rings. The van der Waals surface area contributed by atoms with Crippen molar-refractivity contribution >= 4 is 33.8 Å². The van der Waals surface area contributed by atoms with Crippen molar-refractivity contribution in [1.29, 1.82) is 0 Å². The normalized spacial score (nSPS) is 22.1. The van der Waals surface area contributed by atoms with Crippen LogP contribution in [0.4, 0.5) is 0 Å². The molecule has 8 nitrogen and oxygen atoms in total. The molecule has 0 unspecified atom stereocenters. The number of methoxy groups -OCH3 is 1. The topological polar surface area (TPSA) is 81.4 Å². The number of hydrogen-bond acceptors (Lipinski definition) is 4. The largest absolute Gasteiger partial charge is 0.494 e. The van der Waals surface area contributed by atoms with Gasteiger partial charge in [0.1, 0.15) is 11.3 Å². The fourth-order valence-corrected chi connectivity index (χ4v) is 7.48. The van der Waals surface area contributed by atoms with E-state index < -0.39 is 0 Å². The van der Waals surface area contributed by atoms with E-state index in [1.165, 1.54) is 35.7 Å². The molecule has 7 rings (SSSR count). The molecule has 226 valence electrons. The highest BCUT2D eigenvalue weighted by molar-refractivity contribution is 6.00. The van der Waals surface area contributed by atoms with Gasteiger partial charge in [0.15, 0.2) is 5.82 Å². The van der Waals surface area contributed by atoms with Gasteiger partial charge >= 0.3 is 0 Å². The van der Waals surface area contributed by atoms with Crippen molar-refractivity contribution in [2.45, 2.75) is 77.3 Å². The zero-order valence-electron chi connectivity index (χ0n) is 25.9. The number of carbonyl (C=O) groups is 2. The van der Waals surface area contributed by atoms with Crippen molar-refractivity contribution in [3.05, 3.63) is 47.5 Å². The van der Waals surface area contributed by atoms with Crippen LogP contribution in [0.3, 0.4) is 0 Å². The van der Waals surface area contributed by atoms with E-state index in [4.69, 9.17) is 9.72 Å². The molecule has 8 heteroatoms. The number of amides is 2. The first-order valence-corrected chi connectivity index (χ1v) is 16.1. The number of fused-ring (bicyclic) bond motifs is 2. The van der Waals surface area contributed by atoms with Crippen molar-refractivity contribution in [1.82, 2.24) is 24.3 Å². The first-order valence-electron chi connectivity index (χ1n) is 16.1. The van der Waals surface area contributed by atoms with Crippen LogP contribution < -0.4 is 10.1 Å².